The molecule has 4 rings (SSSR count). The van der Waals surface area contributed by atoms with Gasteiger partial charge in [-0.2, -0.15) is 0 Å². The van der Waals surface area contributed by atoms with Gasteiger partial charge in [-0.15, -0.1) is 0 Å². The van der Waals surface area contributed by atoms with Crippen LogP contribution in [0.5, 0.6) is 11.5 Å². The largest absolute Gasteiger partial charge is 0.494 e. The fourth-order valence-corrected chi connectivity index (χ4v) is 4.64. The van der Waals surface area contributed by atoms with Gasteiger partial charge in [0, 0.05) is 23.7 Å². The number of carbonyl (C=O) groups is 2. The van der Waals surface area contributed by atoms with Gasteiger partial charge in [0.15, 0.2) is 18.2 Å². The highest BCUT2D eigenvalue weighted by Gasteiger charge is 2.49. The lowest BCUT2D eigenvalue weighted by Gasteiger charge is -2.36. The first-order valence-electron chi connectivity index (χ1n) is 10.4. The van der Waals surface area contributed by atoms with Crippen LogP contribution in [0.1, 0.15) is 29.6 Å². The summed E-state index contributed by atoms with van der Waals surface area (Å²) >= 11 is 5.64. The highest BCUT2D eigenvalue weighted by Crippen LogP contribution is 2.47. The number of carbonyl (C=O) groups excluding carboxylic acids is 2. The molecule has 2 aliphatic rings. The van der Waals surface area contributed by atoms with E-state index in [9.17, 15) is 18.4 Å². The monoisotopic (exact) mass is 464 g/mol. The Hall–Kier alpha value is -2.87. The Balaban J connectivity index is 1.31. The SMILES string of the molecule is COc1cc(C(=O)NC2C[C@H](NC(=O)COc3ccc(Cl)c(F)c3)C3CCC23)ccc1F. The van der Waals surface area contributed by atoms with Gasteiger partial charge in [-0.1, -0.05) is 11.6 Å². The highest BCUT2D eigenvalue weighted by molar-refractivity contribution is 6.30. The van der Waals surface area contributed by atoms with Gasteiger partial charge in [-0.3, -0.25) is 9.59 Å². The van der Waals surface area contributed by atoms with Crippen LogP contribution in [0.15, 0.2) is 36.4 Å². The fourth-order valence-electron chi connectivity index (χ4n) is 4.52. The van der Waals surface area contributed by atoms with Crippen LogP contribution in [0.4, 0.5) is 8.78 Å². The summed E-state index contributed by atoms with van der Waals surface area (Å²) in [4.78, 5) is 25.0. The van der Waals surface area contributed by atoms with E-state index in [2.05, 4.69) is 10.6 Å². The fraction of sp³-hybridized carbons (Fsp3) is 0.391. The van der Waals surface area contributed by atoms with Gasteiger partial charge in [-0.25, -0.2) is 8.78 Å². The van der Waals surface area contributed by atoms with Crippen LogP contribution in [-0.4, -0.2) is 37.6 Å². The number of hydrogen-bond acceptors (Lipinski definition) is 4. The molecule has 3 unspecified atom stereocenters. The maximum atomic E-state index is 13.6. The van der Waals surface area contributed by atoms with E-state index in [1.165, 1.54) is 37.4 Å². The Morgan fingerprint density at radius 3 is 2.41 bits per heavy atom. The summed E-state index contributed by atoms with van der Waals surface area (Å²) in [5.41, 5.74) is 0.315. The van der Waals surface area contributed by atoms with Crippen LogP contribution in [0, 0.1) is 23.5 Å². The number of rotatable bonds is 7. The van der Waals surface area contributed by atoms with Crippen LogP contribution in [0.25, 0.3) is 0 Å². The molecule has 6 nitrogen and oxygen atoms in total. The molecule has 0 radical (unpaired) electrons. The van der Waals surface area contributed by atoms with Gasteiger partial charge in [0.2, 0.25) is 0 Å². The van der Waals surface area contributed by atoms with Crippen molar-refractivity contribution in [1.29, 1.82) is 0 Å². The number of amides is 2. The molecule has 0 aromatic heterocycles. The van der Waals surface area contributed by atoms with E-state index >= 15 is 0 Å². The Morgan fingerprint density at radius 1 is 1.03 bits per heavy atom. The van der Waals surface area contributed by atoms with E-state index in [0.29, 0.717) is 12.0 Å². The molecule has 0 saturated heterocycles. The van der Waals surface area contributed by atoms with E-state index in [1.807, 2.05) is 0 Å². The van der Waals surface area contributed by atoms with Crippen molar-refractivity contribution < 1.29 is 27.8 Å². The quantitative estimate of drug-likeness (QED) is 0.655. The lowest BCUT2D eigenvalue weighted by Crippen LogP contribution is -2.44. The third-order valence-electron chi connectivity index (χ3n) is 6.26. The van der Waals surface area contributed by atoms with Gasteiger partial charge in [0.25, 0.3) is 11.8 Å². The standard InChI is InChI=1S/C23H23ClF2N2O4/c1-31-21-8-12(2-7-17(21)25)23(30)28-20-10-19(14-4-5-15(14)20)27-22(29)11-32-13-3-6-16(24)18(26)9-13/h2-3,6-9,14-15,19-20H,4-5,10-11H2,1H3,(H,27,29)(H,28,30)/t14?,15?,19-,20?/m0/s1. The first-order chi connectivity index (χ1) is 15.4. The van der Waals surface area contributed by atoms with Crippen LogP contribution in [0.3, 0.4) is 0 Å². The highest BCUT2D eigenvalue weighted by atomic mass is 35.5. The molecule has 2 N–H and O–H groups in total. The van der Waals surface area contributed by atoms with Crippen LogP contribution >= 0.6 is 11.6 Å². The van der Waals surface area contributed by atoms with Gasteiger partial charge >= 0.3 is 0 Å². The van der Waals surface area contributed by atoms with Crippen molar-refractivity contribution in [3.8, 4) is 11.5 Å². The molecule has 32 heavy (non-hydrogen) atoms. The molecule has 0 aliphatic heterocycles. The second-order valence-corrected chi connectivity index (χ2v) is 8.52. The van der Waals surface area contributed by atoms with Crippen molar-refractivity contribution in [2.45, 2.75) is 31.3 Å². The minimum absolute atomic E-state index is 0.0105. The average Bonchev–Trinajstić information content (AvgIpc) is 2.96. The van der Waals surface area contributed by atoms with E-state index in [4.69, 9.17) is 21.1 Å². The second kappa shape index (κ2) is 9.32. The number of hydrogen-bond donors (Lipinski definition) is 2. The van der Waals surface area contributed by atoms with Crippen LogP contribution in [0.2, 0.25) is 5.02 Å². The molecule has 2 aromatic rings. The molecule has 2 fully saturated rings. The molecular formula is C23H23ClF2N2O4. The first-order valence-corrected chi connectivity index (χ1v) is 10.7. The molecule has 2 aromatic carbocycles. The molecule has 2 aliphatic carbocycles. The van der Waals surface area contributed by atoms with E-state index in [1.54, 1.807) is 0 Å². The first kappa shape index (κ1) is 22.3. The molecule has 2 amide bonds. The van der Waals surface area contributed by atoms with E-state index < -0.39 is 11.6 Å². The summed E-state index contributed by atoms with van der Waals surface area (Å²) < 4.78 is 37.4. The van der Waals surface area contributed by atoms with Crippen molar-refractivity contribution in [3.63, 3.8) is 0 Å². The Kier molecular flexibility index (Phi) is 6.50. The zero-order valence-electron chi connectivity index (χ0n) is 17.4. The topological polar surface area (TPSA) is 76.7 Å². The number of benzene rings is 2. The van der Waals surface area contributed by atoms with Crippen molar-refractivity contribution in [2.24, 2.45) is 11.8 Å². The van der Waals surface area contributed by atoms with Crippen molar-refractivity contribution in [1.82, 2.24) is 10.6 Å². The maximum Gasteiger partial charge on any atom is 0.258 e. The molecule has 9 heteroatoms. The lowest BCUT2D eigenvalue weighted by molar-refractivity contribution is -0.124. The number of ether oxygens (including phenoxy) is 2. The van der Waals surface area contributed by atoms with E-state index in [-0.39, 0.29) is 58.9 Å². The third kappa shape index (κ3) is 4.65. The van der Waals surface area contributed by atoms with Crippen molar-refractivity contribution >= 4 is 23.4 Å². The molecular weight excluding hydrogens is 442 g/mol. The lowest BCUT2D eigenvalue weighted by atomic mass is 9.73. The number of fused-ring (bicyclic) bond motifs is 1. The smallest absolute Gasteiger partial charge is 0.258 e. The van der Waals surface area contributed by atoms with Crippen molar-refractivity contribution in [2.75, 3.05) is 13.7 Å². The maximum absolute atomic E-state index is 13.6. The molecule has 170 valence electrons. The molecule has 0 bridgehead atoms. The summed E-state index contributed by atoms with van der Waals surface area (Å²) in [5, 5.41) is 5.97. The van der Waals surface area contributed by atoms with Crippen LogP contribution in [-0.2, 0) is 4.79 Å². The summed E-state index contributed by atoms with van der Waals surface area (Å²) in [7, 11) is 1.34. The zero-order chi connectivity index (χ0) is 22.8. The van der Waals surface area contributed by atoms with Gasteiger partial charge in [-0.05, 0) is 61.4 Å². The minimum Gasteiger partial charge on any atom is -0.494 e. The number of methoxy groups -OCH3 is 1. The molecule has 0 heterocycles. The Labute approximate surface area is 189 Å². The summed E-state index contributed by atoms with van der Waals surface area (Å²) in [6.07, 6.45) is 2.53. The summed E-state index contributed by atoms with van der Waals surface area (Å²) in [5.74, 6) is -0.986. The van der Waals surface area contributed by atoms with Crippen molar-refractivity contribution in [3.05, 3.63) is 58.6 Å². The summed E-state index contributed by atoms with van der Waals surface area (Å²) in [6, 6.07) is 7.79. The zero-order valence-corrected chi connectivity index (χ0v) is 18.1. The van der Waals surface area contributed by atoms with E-state index in [0.717, 1.165) is 18.9 Å². The number of nitrogens with one attached hydrogen (secondary N) is 2. The minimum atomic E-state index is -0.616. The Morgan fingerprint density at radius 2 is 1.75 bits per heavy atom. The van der Waals surface area contributed by atoms with Gasteiger partial charge in [0.1, 0.15) is 11.6 Å². The molecule has 2 saturated carbocycles. The Bertz CT molecular complexity index is 1040. The average molecular weight is 465 g/mol. The number of halogens is 3. The molecule has 4 atom stereocenters. The van der Waals surface area contributed by atoms with Gasteiger partial charge < -0.3 is 20.1 Å². The molecule has 0 spiro atoms. The van der Waals surface area contributed by atoms with Gasteiger partial charge in [0.05, 0.1) is 12.1 Å². The summed E-state index contributed by atoms with van der Waals surface area (Å²) in [6.45, 7) is -0.249. The predicted molar refractivity (Wildman–Crippen MR) is 114 cm³/mol. The van der Waals surface area contributed by atoms with Crippen LogP contribution < -0.4 is 20.1 Å². The second-order valence-electron chi connectivity index (χ2n) is 8.11. The predicted octanol–water partition coefficient (Wildman–Crippen LogP) is 3.72. The normalized spacial score (nSPS) is 23.6. The third-order valence-corrected chi connectivity index (χ3v) is 6.57.